The fraction of sp³-hybridized carbons (Fsp3) is 0.643. The smallest absolute Gasteiger partial charge is 0.239 e. The maximum atomic E-state index is 11.7. The van der Waals surface area contributed by atoms with Gasteiger partial charge in [0.1, 0.15) is 5.82 Å². The van der Waals surface area contributed by atoms with E-state index < -0.39 is 0 Å². The predicted molar refractivity (Wildman–Crippen MR) is 158 cm³/mol. The van der Waals surface area contributed by atoms with Crippen LogP contribution in [0.15, 0.2) is 24.3 Å². The van der Waals surface area contributed by atoms with E-state index in [1.807, 2.05) is 31.2 Å². The molecule has 0 fully saturated rings. The summed E-state index contributed by atoms with van der Waals surface area (Å²) in [5.41, 5.74) is 2.00. The molecule has 10 nitrogen and oxygen atoms in total. The van der Waals surface area contributed by atoms with E-state index in [9.17, 15) is 4.79 Å². The van der Waals surface area contributed by atoms with Gasteiger partial charge in [0.2, 0.25) is 17.8 Å². The normalized spacial score (nSPS) is 11.1. The van der Waals surface area contributed by atoms with Crippen molar-refractivity contribution in [1.29, 1.82) is 0 Å². The lowest BCUT2D eigenvalue weighted by atomic mass is 10.1. The molecule has 0 aliphatic heterocycles. The quantitative estimate of drug-likeness (QED) is 0.193. The average Bonchev–Trinajstić information content (AvgIpc) is 2.93. The molecule has 0 radical (unpaired) electrons. The van der Waals surface area contributed by atoms with E-state index in [1.165, 1.54) is 0 Å². The second-order valence-corrected chi connectivity index (χ2v) is 9.19. The van der Waals surface area contributed by atoms with Crippen LogP contribution in [0.4, 0.5) is 17.6 Å². The van der Waals surface area contributed by atoms with E-state index in [1.54, 1.807) is 0 Å². The van der Waals surface area contributed by atoms with Gasteiger partial charge in [-0.15, -0.1) is 0 Å². The molecule has 4 N–H and O–H groups in total. The van der Waals surface area contributed by atoms with E-state index in [4.69, 9.17) is 9.97 Å². The summed E-state index contributed by atoms with van der Waals surface area (Å²) in [5.74, 6) is 1.93. The molecule has 0 spiro atoms. The number of nitrogens with zero attached hydrogens (tertiary/aromatic N) is 5. The minimum Gasteiger partial charge on any atom is -0.376 e. The fourth-order valence-electron chi connectivity index (χ4n) is 4.11. The molecule has 212 valence electrons. The second kappa shape index (κ2) is 18.3. The highest BCUT2D eigenvalue weighted by molar-refractivity contribution is 5.80. The molecular weight excluding hydrogens is 478 g/mol. The van der Waals surface area contributed by atoms with Crippen molar-refractivity contribution >= 4 is 23.5 Å². The molecule has 1 aromatic carbocycles. The lowest BCUT2D eigenvalue weighted by molar-refractivity contribution is -0.119. The first kappa shape index (κ1) is 31.2. The molecule has 1 amide bonds. The van der Waals surface area contributed by atoms with Gasteiger partial charge in [0.05, 0.1) is 6.54 Å². The van der Waals surface area contributed by atoms with Crippen LogP contribution in [-0.4, -0.2) is 96.1 Å². The van der Waals surface area contributed by atoms with Crippen LogP contribution in [0, 0.1) is 0 Å². The summed E-state index contributed by atoms with van der Waals surface area (Å²) in [6, 6.07) is 8.04. The Morgan fingerprint density at radius 3 is 1.74 bits per heavy atom. The third kappa shape index (κ3) is 12.0. The Morgan fingerprint density at radius 1 is 0.737 bits per heavy atom. The summed E-state index contributed by atoms with van der Waals surface area (Å²) in [4.78, 5) is 30.6. The highest BCUT2D eigenvalue weighted by Gasteiger charge is 2.09. The van der Waals surface area contributed by atoms with Crippen LogP contribution in [0.1, 0.15) is 58.8 Å². The number of carbonyl (C=O) groups is 1. The van der Waals surface area contributed by atoms with Crippen molar-refractivity contribution in [3.05, 3.63) is 35.7 Å². The third-order valence-corrected chi connectivity index (χ3v) is 6.48. The molecule has 38 heavy (non-hydrogen) atoms. The zero-order valence-electron chi connectivity index (χ0n) is 24.1. The zero-order valence-corrected chi connectivity index (χ0v) is 24.1. The van der Waals surface area contributed by atoms with E-state index in [2.05, 4.69) is 63.7 Å². The van der Waals surface area contributed by atoms with E-state index in [0.717, 1.165) is 82.3 Å². The van der Waals surface area contributed by atoms with Gasteiger partial charge in [-0.1, -0.05) is 39.8 Å². The lowest BCUT2D eigenvalue weighted by Crippen LogP contribution is -2.29. The first-order valence-electron chi connectivity index (χ1n) is 14.3. The lowest BCUT2D eigenvalue weighted by Gasteiger charge is -2.18. The molecule has 0 saturated heterocycles. The Balaban J connectivity index is 2.02. The van der Waals surface area contributed by atoms with Crippen molar-refractivity contribution in [2.45, 2.75) is 53.9 Å². The Morgan fingerprint density at radius 2 is 1.26 bits per heavy atom. The molecule has 0 unspecified atom stereocenters. The number of rotatable bonds is 20. The molecule has 2 aromatic rings. The Bertz CT molecular complexity index is 877. The Kier molecular flexibility index (Phi) is 15.0. The minimum absolute atomic E-state index is 0.0176. The van der Waals surface area contributed by atoms with E-state index in [-0.39, 0.29) is 12.5 Å². The summed E-state index contributed by atoms with van der Waals surface area (Å²) in [6.45, 7) is 19.6. The summed E-state index contributed by atoms with van der Waals surface area (Å²) in [6.07, 6.45) is 2.65. The summed E-state index contributed by atoms with van der Waals surface area (Å²) in [5, 5.41) is 12.7. The molecule has 1 aromatic heterocycles. The monoisotopic (exact) mass is 527 g/mol. The average molecular weight is 528 g/mol. The Labute approximate surface area is 229 Å². The minimum atomic E-state index is -0.0176. The maximum absolute atomic E-state index is 11.7. The summed E-state index contributed by atoms with van der Waals surface area (Å²) in [7, 11) is 0. The molecule has 0 atom stereocenters. The van der Waals surface area contributed by atoms with Crippen molar-refractivity contribution in [2.24, 2.45) is 0 Å². The van der Waals surface area contributed by atoms with Crippen LogP contribution in [0.2, 0.25) is 0 Å². The third-order valence-electron chi connectivity index (χ3n) is 6.48. The summed E-state index contributed by atoms with van der Waals surface area (Å²) < 4.78 is 0. The number of nitrogens with one attached hydrogen (secondary N) is 4. The van der Waals surface area contributed by atoms with Crippen molar-refractivity contribution < 1.29 is 4.79 Å². The summed E-state index contributed by atoms with van der Waals surface area (Å²) >= 11 is 0. The Hall–Kier alpha value is -2.98. The number of anilines is 3. The molecule has 0 bridgehead atoms. The molecular formula is C28H49N9O. The first-order chi connectivity index (χ1) is 18.5. The topological polar surface area (TPSA) is 110 Å². The molecule has 10 heteroatoms. The van der Waals surface area contributed by atoms with Crippen LogP contribution < -0.4 is 21.3 Å². The molecule has 0 aliphatic carbocycles. The van der Waals surface area contributed by atoms with Crippen LogP contribution in [0.3, 0.4) is 0 Å². The maximum Gasteiger partial charge on any atom is 0.239 e. The largest absolute Gasteiger partial charge is 0.376 e. The van der Waals surface area contributed by atoms with Crippen molar-refractivity contribution in [1.82, 2.24) is 30.1 Å². The molecule has 1 heterocycles. The second-order valence-electron chi connectivity index (χ2n) is 9.19. The fourth-order valence-corrected chi connectivity index (χ4v) is 4.11. The van der Waals surface area contributed by atoms with Crippen LogP contribution >= 0.6 is 0 Å². The molecule has 2 rings (SSSR count). The number of benzene rings is 1. The molecule has 0 aliphatic rings. The number of aromatic nitrogens is 3. The number of hydrogen-bond donors (Lipinski definition) is 4. The molecule has 0 saturated carbocycles. The van der Waals surface area contributed by atoms with Gasteiger partial charge in [0, 0.05) is 31.7 Å². The van der Waals surface area contributed by atoms with Gasteiger partial charge in [0.15, 0.2) is 0 Å². The van der Waals surface area contributed by atoms with Gasteiger partial charge >= 0.3 is 0 Å². The number of likely N-dealkylation sites (N-methyl/N-ethyl adjacent to an activating group) is 1. The van der Waals surface area contributed by atoms with Crippen molar-refractivity contribution in [2.75, 3.05) is 81.4 Å². The number of amides is 1. The van der Waals surface area contributed by atoms with Gasteiger partial charge < -0.3 is 31.1 Å². The predicted octanol–water partition coefficient (Wildman–Crippen LogP) is 3.30. The van der Waals surface area contributed by atoms with Gasteiger partial charge in [0.25, 0.3) is 0 Å². The van der Waals surface area contributed by atoms with Gasteiger partial charge in [-0.2, -0.15) is 15.0 Å². The van der Waals surface area contributed by atoms with Crippen LogP contribution in [-0.2, 0) is 11.2 Å². The van der Waals surface area contributed by atoms with Crippen LogP contribution in [0.5, 0.6) is 0 Å². The van der Waals surface area contributed by atoms with Gasteiger partial charge in [-0.05, 0) is 76.7 Å². The first-order valence-corrected chi connectivity index (χ1v) is 14.3. The van der Waals surface area contributed by atoms with Crippen molar-refractivity contribution in [3.63, 3.8) is 0 Å². The highest BCUT2D eigenvalue weighted by Crippen LogP contribution is 2.14. The number of hydrogen-bond acceptors (Lipinski definition) is 9. The number of carbonyl (C=O) groups excluding carboxylic acids is 1. The zero-order chi connectivity index (χ0) is 27.6. The van der Waals surface area contributed by atoms with E-state index in [0.29, 0.717) is 24.9 Å². The van der Waals surface area contributed by atoms with Crippen LogP contribution in [0.25, 0.3) is 0 Å². The van der Waals surface area contributed by atoms with Crippen molar-refractivity contribution in [3.8, 4) is 0 Å². The van der Waals surface area contributed by atoms with E-state index >= 15 is 0 Å². The highest BCUT2D eigenvalue weighted by atomic mass is 16.1. The van der Waals surface area contributed by atoms with Gasteiger partial charge in [-0.25, -0.2) is 0 Å². The standard InChI is InChI=1S/C28H49N9O/c1-6-29-26(38)22-32-24-15-13-23(14-16-24)21-25-33-27(30-17-11-19-36(7-2)8-3)35-28(34-25)31-18-12-20-37(9-4)10-5/h13-16,32H,6-12,17-22H2,1-5H3,(H,29,38)(H2,30,31,33,34,35). The van der Waals surface area contributed by atoms with Gasteiger partial charge in [-0.3, -0.25) is 4.79 Å². The SMILES string of the molecule is CCNC(=O)CNc1ccc(Cc2nc(NCCCN(CC)CC)nc(NCCCN(CC)CC)n2)cc1.